The van der Waals surface area contributed by atoms with E-state index in [0.717, 1.165) is 10.5 Å². The topological polar surface area (TPSA) is 102 Å². The SMILES string of the molecule is COc1cccc([C@H]2[C@H]3C(=O)N(c4cccc([N+](=O)[O-])c4)C(=O)[C@H]3ON2c2ccccc2)c1. The Morgan fingerprint density at radius 2 is 1.64 bits per heavy atom. The number of hydrogen-bond acceptors (Lipinski definition) is 7. The van der Waals surface area contributed by atoms with Crippen LogP contribution in [0, 0.1) is 16.0 Å². The summed E-state index contributed by atoms with van der Waals surface area (Å²) in [4.78, 5) is 44.6. The molecule has 2 saturated heterocycles. The number of methoxy groups -OCH3 is 1. The molecule has 166 valence electrons. The zero-order valence-corrected chi connectivity index (χ0v) is 17.5. The van der Waals surface area contributed by atoms with Gasteiger partial charge in [-0.25, -0.2) is 9.96 Å². The van der Waals surface area contributed by atoms with Crippen molar-refractivity contribution in [3.05, 3.63) is 94.5 Å². The molecule has 3 aromatic carbocycles. The van der Waals surface area contributed by atoms with Gasteiger partial charge >= 0.3 is 0 Å². The third-order valence-electron chi connectivity index (χ3n) is 5.86. The number of amides is 2. The molecule has 0 spiro atoms. The van der Waals surface area contributed by atoms with Gasteiger partial charge in [0, 0.05) is 12.1 Å². The summed E-state index contributed by atoms with van der Waals surface area (Å²) in [6.45, 7) is 0. The number of rotatable bonds is 5. The summed E-state index contributed by atoms with van der Waals surface area (Å²) in [5, 5.41) is 12.8. The lowest BCUT2D eigenvalue weighted by Crippen LogP contribution is -2.37. The predicted molar refractivity (Wildman–Crippen MR) is 119 cm³/mol. The molecule has 5 rings (SSSR count). The van der Waals surface area contributed by atoms with Crippen molar-refractivity contribution in [2.45, 2.75) is 12.1 Å². The predicted octanol–water partition coefficient (Wildman–Crippen LogP) is 3.65. The molecule has 3 aromatic rings. The smallest absolute Gasteiger partial charge is 0.271 e. The average molecular weight is 445 g/mol. The number of imide groups is 1. The number of nitro benzene ring substituents is 1. The first-order valence-corrected chi connectivity index (χ1v) is 10.3. The molecule has 0 aromatic heterocycles. The number of hydroxylamine groups is 1. The first-order valence-electron chi connectivity index (χ1n) is 10.3. The second kappa shape index (κ2) is 8.03. The lowest BCUT2D eigenvalue weighted by atomic mass is 9.90. The van der Waals surface area contributed by atoms with Crippen LogP contribution in [0.3, 0.4) is 0 Å². The molecule has 2 aliphatic heterocycles. The van der Waals surface area contributed by atoms with E-state index in [9.17, 15) is 19.7 Å². The summed E-state index contributed by atoms with van der Waals surface area (Å²) < 4.78 is 5.36. The fourth-order valence-electron chi connectivity index (χ4n) is 4.38. The molecule has 9 heteroatoms. The number of carbonyl (C=O) groups excluding carboxylic acids is 2. The van der Waals surface area contributed by atoms with Gasteiger partial charge in [0.05, 0.1) is 29.4 Å². The lowest BCUT2D eigenvalue weighted by Gasteiger charge is -2.28. The molecule has 0 saturated carbocycles. The van der Waals surface area contributed by atoms with Crippen LogP contribution >= 0.6 is 0 Å². The van der Waals surface area contributed by atoms with Gasteiger partial charge in [-0.05, 0) is 35.9 Å². The largest absolute Gasteiger partial charge is 0.497 e. The van der Waals surface area contributed by atoms with Crippen LogP contribution < -0.4 is 14.7 Å². The van der Waals surface area contributed by atoms with Crippen molar-refractivity contribution >= 4 is 28.9 Å². The molecule has 0 unspecified atom stereocenters. The molecule has 0 radical (unpaired) electrons. The molecule has 2 fully saturated rings. The van der Waals surface area contributed by atoms with Crippen molar-refractivity contribution in [3.63, 3.8) is 0 Å². The molecular formula is C24H19N3O6. The van der Waals surface area contributed by atoms with E-state index < -0.39 is 34.8 Å². The molecule has 0 aliphatic carbocycles. The van der Waals surface area contributed by atoms with Gasteiger partial charge in [0.15, 0.2) is 6.10 Å². The highest BCUT2D eigenvalue weighted by atomic mass is 16.7. The molecule has 2 heterocycles. The fraction of sp³-hybridized carbons (Fsp3) is 0.167. The van der Waals surface area contributed by atoms with Crippen molar-refractivity contribution in [2.24, 2.45) is 5.92 Å². The molecule has 3 atom stereocenters. The van der Waals surface area contributed by atoms with Gasteiger partial charge in [0.2, 0.25) is 5.91 Å². The van der Waals surface area contributed by atoms with E-state index >= 15 is 0 Å². The van der Waals surface area contributed by atoms with E-state index in [0.29, 0.717) is 11.4 Å². The van der Waals surface area contributed by atoms with Crippen LogP contribution in [0.1, 0.15) is 11.6 Å². The summed E-state index contributed by atoms with van der Waals surface area (Å²) in [7, 11) is 1.55. The second-order valence-corrected chi connectivity index (χ2v) is 7.72. The summed E-state index contributed by atoms with van der Waals surface area (Å²) in [6.07, 6.45) is -1.06. The molecule has 0 bridgehead atoms. The van der Waals surface area contributed by atoms with E-state index in [-0.39, 0.29) is 11.4 Å². The monoisotopic (exact) mass is 445 g/mol. The van der Waals surface area contributed by atoms with Crippen molar-refractivity contribution in [1.82, 2.24) is 0 Å². The van der Waals surface area contributed by atoms with Gasteiger partial charge < -0.3 is 4.74 Å². The van der Waals surface area contributed by atoms with Crippen LogP contribution in [0.5, 0.6) is 5.75 Å². The minimum atomic E-state index is -1.06. The van der Waals surface area contributed by atoms with Crippen molar-refractivity contribution in [3.8, 4) is 5.75 Å². The molecule has 33 heavy (non-hydrogen) atoms. The minimum Gasteiger partial charge on any atom is -0.497 e. The van der Waals surface area contributed by atoms with Crippen LogP contribution in [-0.2, 0) is 14.4 Å². The number of benzene rings is 3. The van der Waals surface area contributed by atoms with Crippen LogP contribution in [-0.4, -0.2) is 30.0 Å². The maximum Gasteiger partial charge on any atom is 0.271 e. The number of carbonyl (C=O) groups is 2. The molecule has 2 amide bonds. The maximum absolute atomic E-state index is 13.6. The highest BCUT2D eigenvalue weighted by molar-refractivity contribution is 6.24. The third kappa shape index (κ3) is 3.39. The Balaban J connectivity index is 1.59. The maximum atomic E-state index is 13.6. The molecular weight excluding hydrogens is 426 g/mol. The van der Waals surface area contributed by atoms with Crippen LogP contribution in [0.4, 0.5) is 17.1 Å². The average Bonchev–Trinajstić information content (AvgIpc) is 3.35. The molecule has 2 aliphatic rings. The number of anilines is 2. The van der Waals surface area contributed by atoms with Gasteiger partial charge in [-0.2, -0.15) is 0 Å². The van der Waals surface area contributed by atoms with E-state index in [1.54, 1.807) is 24.3 Å². The number of nitrogens with zero attached hydrogens (tertiary/aromatic N) is 3. The highest BCUT2D eigenvalue weighted by Gasteiger charge is 2.60. The van der Waals surface area contributed by atoms with E-state index in [4.69, 9.17) is 9.57 Å². The number of hydrogen-bond donors (Lipinski definition) is 0. The summed E-state index contributed by atoms with van der Waals surface area (Å²) in [6, 6.07) is 21.3. The normalized spacial score (nSPS) is 21.9. The Kier molecular flexibility index (Phi) is 5.02. The molecule has 9 nitrogen and oxygen atoms in total. The van der Waals surface area contributed by atoms with E-state index in [1.807, 2.05) is 42.5 Å². The van der Waals surface area contributed by atoms with Gasteiger partial charge in [0.25, 0.3) is 11.6 Å². The Hall–Kier alpha value is -4.24. The number of fused-ring (bicyclic) bond motifs is 1. The van der Waals surface area contributed by atoms with Gasteiger partial charge in [-0.1, -0.05) is 36.4 Å². The first-order chi connectivity index (χ1) is 16.0. The highest BCUT2D eigenvalue weighted by Crippen LogP contribution is 2.48. The van der Waals surface area contributed by atoms with E-state index in [1.165, 1.54) is 24.3 Å². The van der Waals surface area contributed by atoms with Crippen molar-refractivity contribution in [2.75, 3.05) is 17.1 Å². The van der Waals surface area contributed by atoms with Crippen molar-refractivity contribution in [1.29, 1.82) is 0 Å². The Labute approximate surface area is 188 Å². The number of ether oxygens (including phenoxy) is 1. The minimum absolute atomic E-state index is 0.146. The van der Waals surface area contributed by atoms with Gasteiger partial charge in [0.1, 0.15) is 11.7 Å². The number of para-hydroxylation sites is 1. The number of nitro groups is 1. The lowest BCUT2D eigenvalue weighted by molar-refractivity contribution is -0.384. The van der Waals surface area contributed by atoms with Crippen LogP contribution in [0.25, 0.3) is 0 Å². The zero-order chi connectivity index (χ0) is 23.1. The quantitative estimate of drug-likeness (QED) is 0.336. The Morgan fingerprint density at radius 3 is 2.36 bits per heavy atom. The van der Waals surface area contributed by atoms with Gasteiger partial charge in [-0.3, -0.25) is 24.5 Å². The standard InChI is InChI=1S/C24H19N3O6/c1-32-19-12-5-7-15(13-19)21-20-22(33-26(21)16-8-3-2-4-9-16)24(29)25(23(20)28)17-10-6-11-18(14-17)27(30)31/h2-14,20-22H,1H3/t20-,21+,22+/m1/s1. The Bertz CT molecular complexity index is 1250. The summed E-state index contributed by atoms with van der Waals surface area (Å²) >= 11 is 0. The van der Waals surface area contributed by atoms with Crippen LogP contribution in [0.2, 0.25) is 0 Å². The van der Waals surface area contributed by atoms with Crippen molar-refractivity contribution < 1.29 is 24.1 Å². The van der Waals surface area contributed by atoms with E-state index in [2.05, 4.69) is 0 Å². The first kappa shape index (κ1) is 20.7. The summed E-state index contributed by atoms with van der Waals surface area (Å²) in [5.41, 5.74) is 1.38. The molecule has 0 N–H and O–H groups in total. The third-order valence-corrected chi connectivity index (χ3v) is 5.86. The second-order valence-electron chi connectivity index (χ2n) is 7.72. The number of non-ortho nitro benzene ring substituents is 1. The zero-order valence-electron chi connectivity index (χ0n) is 17.5. The Morgan fingerprint density at radius 1 is 0.909 bits per heavy atom. The summed E-state index contributed by atoms with van der Waals surface area (Å²) in [5.74, 6) is -1.27. The van der Waals surface area contributed by atoms with Gasteiger partial charge in [-0.15, -0.1) is 0 Å². The fourth-order valence-corrected chi connectivity index (χ4v) is 4.38. The van der Waals surface area contributed by atoms with Crippen LogP contribution in [0.15, 0.2) is 78.9 Å².